The molecule has 0 radical (unpaired) electrons. The van der Waals surface area contributed by atoms with Crippen molar-refractivity contribution in [2.45, 2.75) is 19.8 Å². The van der Waals surface area contributed by atoms with Gasteiger partial charge in [0.1, 0.15) is 5.69 Å². The third-order valence-electron chi connectivity index (χ3n) is 1.51. The van der Waals surface area contributed by atoms with Gasteiger partial charge in [-0.05, 0) is 18.1 Å². The normalized spacial score (nSPS) is 9.91. The molecule has 0 amide bonds. The number of carbonyl (C=O) groups is 1. The van der Waals surface area contributed by atoms with Gasteiger partial charge in [-0.1, -0.05) is 13.3 Å². The predicted molar refractivity (Wildman–Crippen MR) is 41.7 cm³/mol. The van der Waals surface area contributed by atoms with E-state index in [2.05, 4.69) is 11.9 Å². The van der Waals surface area contributed by atoms with E-state index in [4.69, 9.17) is 5.11 Å². The highest BCUT2D eigenvalue weighted by atomic mass is 16.4. The number of carboxylic acid groups (broad SMARTS) is 1. The average Bonchev–Trinajstić information content (AvgIpc) is 2.37. The van der Waals surface area contributed by atoms with E-state index >= 15 is 0 Å². The van der Waals surface area contributed by atoms with Crippen molar-refractivity contribution in [3.63, 3.8) is 0 Å². The maximum atomic E-state index is 10.4. The van der Waals surface area contributed by atoms with Gasteiger partial charge in [0.05, 0.1) is 0 Å². The third-order valence-corrected chi connectivity index (χ3v) is 1.51. The highest BCUT2D eigenvalue weighted by molar-refractivity contribution is 5.85. The fourth-order valence-electron chi connectivity index (χ4n) is 0.996. The van der Waals surface area contributed by atoms with Gasteiger partial charge in [0, 0.05) is 6.20 Å². The van der Waals surface area contributed by atoms with E-state index in [1.165, 1.54) is 0 Å². The number of hydrogen-bond acceptors (Lipinski definition) is 1. The molecule has 3 heteroatoms. The zero-order chi connectivity index (χ0) is 8.27. The molecular formula is C8H11NO2. The zero-order valence-electron chi connectivity index (χ0n) is 6.42. The molecule has 0 unspecified atom stereocenters. The molecule has 1 heterocycles. The fraction of sp³-hybridized carbons (Fsp3) is 0.375. The molecule has 0 aliphatic carbocycles. The average molecular weight is 153 g/mol. The summed E-state index contributed by atoms with van der Waals surface area (Å²) in [5.41, 5.74) is 1.33. The number of aromatic carboxylic acids is 1. The number of nitrogens with one attached hydrogen (secondary N) is 1. The number of carboxylic acids is 1. The van der Waals surface area contributed by atoms with Crippen molar-refractivity contribution in [3.05, 3.63) is 23.5 Å². The predicted octanol–water partition coefficient (Wildman–Crippen LogP) is 1.67. The minimum atomic E-state index is -0.896. The second-order valence-corrected chi connectivity index (χ2v) is 2.48. The number of rotatable bonds is 3. The van der Waals surface area contributed by atoms with Crippen LogP contribution in [0.25, 0.3) is 0 Å². The van der Waals surface area contributed by atoms with Crippen LogP contribution in [0.5, 0.6) is 0 Å². The summed E-state index contributed by atoms with van der Waals surface area (Å²) in [7, 11) is 0. The molecule has 0 aliphatic rings. The summed E-state index contributed by atoms with van der Waals surface area (Å²) in [6.45, 7) is 2.06. The van der Waals surface area contributed by atoms with Crippen LogP contribution < -0.4 is 0 Å². The van der Waals surface area contributed by atoms with Crippen LogP contribution in [0.4, 0.5) is 0 Å². The molecule has 1 aromatic rings. The Morgan fingerprint density at radius 1 is 1.73 bits per heavy atom. The van der Waals surface area contributed by atoms with Gasteiger partial charge >= 0.3 is 5.97 Å². The summed E-state index contributed by atoms with van der Waals surface area (Å²) in [5, 5.41) is 8.54. The first-order valence-corrected chi connectivity index (χ1v) is 3.64. The van der Waals surface area contributed by atoms with Crippen molar-refractivity contribution in [1.82, 2.24) is 4.98 Å². The largest absolute Gasteiger partial charge is 0.477 e. The quantitative estimate of drug-likeness (QED) is 0.693. The van der Waals surface area contributed by atoms with E-state index in [1.807, 2.05) is 0 Å². The number of aromatic nitrogens is 1. The van der Waals surface area contributed by atoms with E-state index in [-0.39, 0.29) is 5.69 Å². The molecule has 0 saturated heterocycles. The summed E-state index contributed by atoms with van der Waals surface area (Å²) < 4.78 is 0. The van der Waals surface area contributed by atoms with Gasteiger partial charge in [0.2, 0.25) is 0 Å². The number of aryl methyl sites for hydroxylation is 1. The molecule has 2 N–H and O–H groups in total. The van der Waals surface area contributed by atoms with Gasteiger partial charge in [-0.2, -0.15) is 0 Å². The van der Waals surface area contributed by atoms with Crippen molar-refractivity contribution >= 4 is 5.97 Å². The summed E-state index contributed by atoms with van der Waals surface area (Å²) in [4.78, 5) is 13.1. The van der Waals surface area contributed by atoms with Crippen LogP contribution >= 0.6 is 0 Å². The van der Waals surface area contributed by atoms with Gasteiger partial charge in [-0.3, -0.25) is 0 Å². The van der Waals surface area contributed by atoms with Crippen molar-refractivity contribution in [2.75, 3.05) is 0 Å². The maximum absolute atomic E-state index is 10.4. The second-order valence-electron chi connectivity index (χ2n) is 2.48. The van der Waals surface area contributed by atoms with Crippen LogP contribution in [0.1, 0.15) is 29.4 Å². The van der Waals surface area contributed by atoms with Gasteiger partial charge in [-0.15, -0.1) is 0 Å². The van der Waals surface area contributed by atoms with Crippen molar-refractivity contribution < 1.29 is 9.90 Å². The van der Waals surface area contributed by atoms with Gasteiger partial charge in [0.15, 0.2) is 0 Å². The lowest BCUT2D eigenvalue weighted by Gasteiger charge is -1.87. The van der Waals surface area contributed by atoms with Crippen LogP contribution in [0.15, 0.2) is 12.3 Å². The topological polar surface area (TPSA) is 53.1 Å². The lowest BCUT2D eigenvalue weighted by atomic mass is 10.2. The Kier molecular flexibility index (Phi) is 2.31. The Bertz CT molecular complexity index is 252. The lowest BCUT2D eigenvalue weighted by molar-refractivity contribution is 0.0691. The van der Waals surface area contributed by atoms with Crippen LogP contribution in [0.2, 0.25) is 0 Å². The Labute approximate surface area is 65.1 Å². The molecule has 1 aromatic heterocycles. The van der Waals surface area contributed by atoms with E-state index in [0.717, 1.165) is 18.4 Å². The van der Waals surface area contributed by atoms with Crippen LogP contribution in [0, 0.1) is 0 Å². The molecular weight excluding hydrogens is 142 g/mol. The van der Waals surface area contributed by atoms with Gasteiger partial charge in [-0.25, -0.2) is 4.79 Å². The molecule has 0 fully saturated rings. The standard InChI is InChI=1S/C8H11NO2/c1-2-3-6-4-7(8(10)11)9-5-6/h4-5,9H,2-3H2,1H3,(H,10,11). The minimum Gasteiger partial charge on any atom is -0.477 e. The van der Waals surface area contributed by atoms with Crippen LogP contribution in [0.3, 0.4) is 0 Å². The van der Waals surface area contributed by atoms with Crippen molar-refractivity contribution in [3.8, 4) is 0 Å². The number of H-pyrrole nitrogens is 1. The minimum absolute atomic E-state index is 0.272. The lowest BCUT2D eigenvalue weighted by Crippen LogP contribution is -1.94. The molecule has 11 heavy (non-hydrogen) atoms. The Hall–Kier alpha value is -1.25. The van der Waals surface area contributed by atoms with Crippen LogP contribution in [-0.2, 0) is 6.42 Å². The molecule has 0 aliphatic heterocycles. The third kappa shape index (κ3) is 1.83. The molecule has 1 rings (SSSR count). The molecule has 0 spiro atoms. The first-order valence-electron chi connectivity index (χ1n) is 3.64. The molecule has 0 bridgehead atoms. The number of aromatic amines is 1. The SMILES string of the molecule is CCCc1c[nH]c(C(=O)O)c1. The van der Waals surface area contributed by atoms with E-state index in [1.54, 1.807) is 12.3 Å². The van der Waals surface area contributed by atoms with Gasteiger partial charge in [0.25, 0.3) is 0 Å². The van der Waals surface area contributed by atoms with Crippen molar-refractivity contribution in [1.29, 1.82) is 0 Å². The summed E-state index contributed by atoms with van der Waals surface area (Å²) in [6, 6.07) is 1.67. The zero-order valence-corrected chi connectivity index (χ0v) is 6.42. The molecule has 60 valence electrons. The molecule has 3 nitrogen and oxygen atoms in total. The second kappa shape index (κ2) is 3.23. The summed E-state index contributed by atoms with van der Waals surface area (Å²) in [6.07, 6.45) is 3.72. The Morgan fingerprint density at radius 3 is 2.91 bits per heavy atom. The smallest absolute Gasteiger partial charge is 0.352 e. The van der Waals surface area contributed by atoms with Crippen LogP contribution in [-0.4, -0.2) is 16.1 Å². The fourth-order valence-corrected chi connectivity index (χ4v) is 0.996. The first-order chi connectivity index (χ1) is 5.24. The first kappa shape index (κ1) is 7.85. The highest BCUT2D eigenvalue weighted by Crippen LogP contribution is 2.05. The summed E-state index contributed by atoms with van der Waals surface area (Å²) >= 11 is 0. The monoisotopic (exact) mass is 153 g/mol. The summed E-state index contributed by atoms with van der Waals surface area (Å²) in [5.74, 6) is -0.896. The maximum Gasteiger partial charge on any atom is 0.352 e. The molecule has 0 aromatic carbocycles. The number of hydrogen-bond donors (Lipinski definition) is 2. The Morgan fingerprint density at radius 2 is 2.45 bits per heavy atom. The van der Waals surface area contributed by atoms with Gasteiger partial charge < -0.3 is 10.1 Å². The van der Waals surface area contributed by atoms with E-state index < -0.39 is 5.97 Å². The van der Waals surface area contributed by atoms with E-state index in [9.17, 15) is 4.79 Å². The van der Waals surface area contributed by atoms with E-state index in [0.29, 0.717) is 0 Å². The van der Waals surface area contributed by atoms with Crippen molar-refractivity contribution in [2.24, 2.45) is 0 Å². The highest BCUT2D eigenvalue weighted by Gasteiger charge is 2.04. The Balaban J connectivity index is 2.73. The molecule has 0 saturated carbocycles. The molecule has 0 atom stereocenters.